The molecule has 0 saturated carbocycles. The summed E-state index contributed by atoms with van der Waals surface area (Å²) in [6, 6.07) is 19.3. The fourth-order valence-electron chi connectivity index (χ4n) is 3.58. The summed E-state index contributed by atoms with van der Waals surface area (Å²) in [5.41, 5.74) is 8.51. The molecule has 0 aromatic heterocycles. The molecule has 0 aliphatic carbocycles. The summed E-state index contributed by atoms with van der Waals surface area (Å²) in [6.45, 7) is 5.81. The van der Waals surface area contributed by atoms with Crippen molar-refractivity contribution in [1.29, 1.82) is 0 Å². The zero-order valence-electron chi connectivity index (χ0n) is 14.5. The number of piperidine rings is 1. The van der Waals surface area contributed by atoms with Crippen molar-refractivity contribution in [3.8, 4) is 5.75 Å². The SMILES string of the molecule is CC1CCCN(Cc2ccc(OCc3ccccc3)cc2)C1CN. The first kappa shape index (κ1) is 17.0. The molecule has 0 radical (unpaired) electrons. The fourth-order valence-corrected chi connectivity index (χ4v) is 3.58. The van der Waals surface area contributed by atoms with Crippen molar-refractivity contribution in [3.63, 3.8) is 0 Å². The van der Waals surface area contributed by atoms with Gasteiger partial charge in [-0.15, -0.1) is 0 Å². The quantitative estimate of drug-likeness (QED) is 0.878. The van der Waals surface area contributed by atoms with Gasteiger partial charge in [0.1, 0.15) is 12.4 Å². The maximum absolute atomic E-state index is 5.99. The Labute approximate surface area is 145 Å². The second-order valence-corrected chi connectivity index (χ2v) is 6.81. The molecule has 2 atom stereocenters. The summed E-state index contributed by atoms with van der Waals surface area (Å²) in [6.07, 6.45) is 2.57. The van der Waals surface area contributed by atoms with Gasteiger partial charge in [0.05, 0.1) is 0 Å². The van der Waals surface area contributed by atoms with Crippen molar-refractivity contribution in [2.45, 2.75) is 39.0 Å². The highest BCUT2D eigenvalue weighted by Crippen LogP contribution is 2.25. The van der Waals surface area contributed by atoms with Gasteiger partial charge >= 0.3 is 0 Å². The van der Waals surface area contributed by atoms with Crippen LogP contribution >= 0.6 is 0 Å². The Morgan fingerprint density at radius 1 is 1.04 bits per heavy atom. The van der Waals surface area contributed by atoms with Gasteiger partial charge in [0.15, 0.2) is 0 Å². The normalized spacial score (nSPS) is 21.6. The number of likely N-dealkylation sites (tertiary alicyclic amines) is 1. The van der Waals surface area contributed by atoms with Gasteiger partial charge in [-0.3, -0.25) is 4.90 Å². The standard InChI is InChI=1S/C21H28N2O/c1-17-6-5-13-23(21(17)14-22)15-18-9-11-20(12-10-18)24-16-19-7-3-2-4-8-19/h2-4,7-12,17,21H,5-6,13-16,22H2,1H3. The molecule has 0 spiro atoms. The average Bonchev–Trinajstić information content (AvgIpc) is 2.62. The highest BCUT2D eigenvalue weighted by Gasteiger charge is 2.27. The Kier molecular flexibility index (Phi) is 5.89. The molecule has 1 fully saturated rings. The van der Waals surface area contributed by atoms with Crippen LogP contribution in [0.1, 0.15) is 30.9 Å². The number of hydrogen-bond donors (Lipinski definition) is 1. The molecule has 1 heterocycles. The Morgan fingerprint density at radius 2 is 1.79 bits per heavy atom. The zero-order valence-corrected chi connectivity index (χ0v) is 14.5. The van der Waals surface area contributed by atoms with Gasteiger partial charge in [-0.2, -0.15) is 0 Å². The van der Waals surface area contributed by atoms with E-state index in [1.807, 2.05) is 18.2 Å². The van der Waals surface area contributed by atoms with E-state index in [2.05, 4.69) is 48.2 Å². The smallest absolute Gasteiger partial charge is 0.119 e. The Hall–Kier alpha value is -1.84. The first-order valence-electron chi connectivity index (χ1n) is 8.96. The molecule has 3 rings (SSSR count). The van der Waals surface area contributed by atoms with Crippen molar-refractivity contribution in [3.05, 3.63) is 65.7 Å². The number of hydrogen-bond acceptors (Lipinski definition) is 3. The van der Waals surface area contributed by atoms with E-state index in [1.165, 1.54) is 24.0 Å². The molecule has 128 valence electrons. The predicted molar refractivity (Wildman–Crippen MR) is 98.9 cm³/mol. The average molecular weight is 324 g/mol. The van der Waals surface area contributed by atoms with Crippen LogP contribution in [-0.2, 0) is 13.2 Å². The van der Waals surface area contributed by atoms with E-state index in [0.29, 0.717) is 18.6 Å². The van der Waals surface area contributed by atoms with Gasteiger partial charge < -0.3 is 10.5 Å². The molecule has 2 aromatic rings. The van der Waals surface area contributed by atoms with Crippen molar-refractivity contribution < 1.29 is 4.74 Å². The number of nitrogens with two attached hydrogens (primary N) is 1. The Balaban J connectivity index is 1.56. The van der Waals surface area contributed by atoms with Gasteiger partial charge in [-0.05, 0) is 48.6 Å². The van der Waals surface area contributed by atoms with Crippen LogP contribution in [0.15, 0.2) is 54.6 Å². The second kappa shape index (κ2) is 8.32. The van der Waals surface area contributed by atoms with Crippen LogP contribution in [0.2, 0.25) is 0 Å². The highest BCUT2D eigenvalue weighted by atomic mass is 16.5. The van der Waals surface area contributed by atoms with Crippen LogP contribution in [0.5, 0.6) is 5.75 Å². The molecule has 3 heteroatoms. The predicted octanol–water partition coefficient (Wildman–Crippen LogP) is 3.82. The molecule has 24 heavy (non-hydrogen) atoms. The zero-order chi connectivity index (χ0) is 16.8. The number of nitrogens with zero attached hydrogens (tertiary/aromatic N) is 1. The van der Waals surface area contributed by atoms with E-state index in [0.717, 1.165) is 25.4 Å². The van der Waals surface area contributed by atoms with E-state index in [1.54, 1.807) is 0 Å². The fraction of sp³-hybridized carbons (Fsp3) is 0.429. The molecule has 1 aliphatic rings. The molecule has 1 aliphatic heterocycles. The lowest BCUT2D eigenvalue weighted by Crippen LogP contribution is -2.47. The van der Waals surface area contributed by atoms with Crippen LogP contribution in [0.3, 0.4) is 0 Å². The third-order valence-electron chi connectivity index (χ3n) is 5.03. The number of benzene rings is 2. The van der Waals surface area contributed by atoms with Crippen molar-refractivity contribution >= 4 is 0 Å². The van der Waals surface area contributed by atoms with Gasteiger partial charge in [0.2, 0.25) is 0 Å². The highest BCUT2D eigenvalue weighted by molar-refractivity contribution is 5.28. The molecular weight excluding hydrogens is 296 g/mol. The van der Waals surface area contributed by atoms with Crippen LogP contribution in [0, 0.1) is 5.92 Å². The van der Waals surface area contributed by atoms with E-state index >= 15 is 0 Å². The topological polar surface area (TPSA) is 38.5 Å². The van der Waals surface area contributed by atoms with Crippen molar-refractivity contribution in [1.82, 2.24) is 4.90 Å². The maximum Gasteiger partial charge on any atom is 0.119 e. The van der Waals surface area contributed by atoms with Crippen LogP contribution in [0.25, 0.3) is 0 Å². The van der Waals surface area contributed by atoms with Gasteiger partial charge in [0.25, 0.3) is 0 Å². The molecule has 2 unspecified atom stereocenters. The second-order valence-electron chi connectivity index (χ2n) is 6.81. The minimum Gasteiger partial charge on any atom is -0.489 e. The van der Waals surface area contributed by atoms with Gasteiger partial charge in [-0.1, -0.05) is 49.4 Å². The first-order valence-corrected chi connectivity index (χ1v) is 8.96. The van der Waals surface area contributed by atoms with Crippen LogP contribution in [-0.4, -0.2) is 24.0 Å². The van der Waals surface area contributed by atoms with E-state index in [4.69, 9.17) is 10.5 Å². The first-order chi connectivity index (χ1) is 11.8. The summed E-state index contributed by atoms with van der Waals surface area (Å²) >= 11 is 0. The summed E-state index contributed by atoms with van der Waals surface area (Å²) in [5.74, 6) is 1.61. The summed E-state index contributed by atoms with van der Waals surface area (Å²) in [5, 5.41) is 0. The number of rotatable bonds is 6. The lowest BCUT2D eigenvalue weighted by atomic mass is 9.90. The van der Waals surface area contributed by atoms with Crippen LogP contribution < -0.4 is 10.5 Å². The minimum atomic E-state index is 0.507. The summed E-state index contributed by atoms with van der Waals surface area (Å²) in [7, 11) is 0. The lowest BCUT2D eigenvalue weighted by molar-refractivity contribution is 0.0990. The number of ether oxygens (including phenoxy) is 1. The van der Waals surface area contributed by atoms with Crippen molar-refractivity contribution in [2.24, 2.45) is 11.7 Å². The summed E-state index contributed by atoms with van der Waals surface area (Å²) in [4.78, 5) is 2.54. The largest absolute Gasteiger partial charge is 0.489 e. The van der Waals surface area contributed by atoms with E-state index in [9.17, 15) is 0 Å². The summed E-state index contributed by atoms with van der Waals surface area (Å²) < 4.78 is 5.86. The molecule has 3 nitrogen and oxygen atoms in total. The third kappa shape index (κ3) is 4.37. The Morgan fingerprint density at radius 3 is 2.50 bits per heavy atom. The van der Waals surface area contributed by atoms with E-state index in [-0.39, 0.29) is 0 Å². The molecule has 0 amide bonds. The third-order valence-corrected chi connectivity index (χ3v) is 5.03. The molecular formula is C21H28N2O. The molecule has 1 saturated heterocycles. The lowest BCUT2D eigenvalue weighted by Gasteiger charge is -2.39. The molecule has 2 aromatic carbocycles. The van der Waals surface area contributed by atoms with Gasteiger partial charge in [0, 0.05) is 19.1 Å². The molecule has 0 bridgehead atoms. The van der Waals surface area contributed by atoms with Gasteiger partial charge in [-0.25, -0.2) is 0 Å². The van der Waals surface area contributed by atoms with Crippen LogP contribution in [0.4, 0.5) is 0 Å². The monoisotopic (exact) mass is 324 g/mol. The van der Waals surface area contributed by atoms with Crippen molar-refractivity contribution in [2.75, 3.05) is 13.1 Å². The van der Waals surface area contributed by atoms with E-state index < -0.39 is 0 Å². The maximum atomic E-state index is 5.99. The Bertz CT molecular complexity index is 611. The molecule has 2 N–H and O–H groups in total. The minimum absolute atomic E-state index is 0.507.